The minimum atomic E-state index is -0.295. The van der Waals surface area contributed by atoms with Gasteiger partial charge in [-0.1, -0.05) is 36.4 Å². The van der Waals surface area contributed by atoms with Crippen molar-refractivity contribution in [1.29, 1.82) is 0 Å². The topological polar surface area (TPSA) is 73.9 Å². The number of allylic oxidation sites excluding steroid dienone is 2. The molecule has 6 heteroatoms. The second-order valence-electron chi connectivity index (χ2n) is 9.06. The summed E-state index contributed by atoms with van der Waals surface area (Å²) in [5.41, 5.74) is 3.32. The molecule has 6 nitrogen and oxygen atoms in total. The minimum Gasteiger partial charge on any atom is -0.493 e. The number of methoxy groups -OCH3 is 1. The number of para-hydroxylation sites is 1. The second-order valence-corrected chi connectivity index (χ2v) is 9.06. The number of ketones is 1. The van der Waals surface area contributed by atoms with Crippen molar-refractivity contribution in [2.24, 2.45) is 0 Å². The molecule has 2 aliphatic rings. The van der Waals surface area contributed by atoms with Gasteiger partial charge in [0.1, 0.15) is 11.5 Å². The Morgan fingerprint density at radius 3 is 2.42 bits per heavy atom. The van der Waals surface area contributed by atoms with Gasteiger partial charge in [-0.3, -0.25) is 9.59 Å². The van der Waals surface area contributed by atoms with Gasteiger partial charge in [0.05, 0.1) is 13.7 Å². The Kier molecular flexibility index (Phi) is 6.76. The van der Waals surface area contributed by atoms with Gasteiger partial charge >= 0.3 is 0 Å². The summed E-state index contributed by atoms with van der Waals surface area (Å²) in [6, 6.07) is 23.0. The zero-order valence-corrected chi connectivity index (χ0v) is 20.5. The highest BCUT2D eigenvalue weighted by molar-refractivity contribution is 6.02. The van der Waals surface area contributed by atoms with Gasteiger partial charge in [-0.25, -0.2) is 0 Å². The van der Waals surface area contributed by atoms with Crippen molar-refractivity contribution < 1.29 is 23.8 Å². The number of benzene rings is 3. The summed E-state index contributed by atoms with van der Waals surface area (Å²) in [4.78, 5) is 26.2. The highest BCUT2D eigenvalue weighted by atomic mass is 16.5. The van der Waals surface area contributed by atoms with E-state index in [0.717, 1.165) is 22.6 Å². The standard InChI is InChI=1S/C30H29NO5/c1-3-35-27-13-12-19(17-28(27)34-2)21-15-25-30(26(32)16-21)24(18-29(33)31-25)20-8-7-11-23(14-20)36-22-9-5-4-6-10-22/h4-14,17,21,24H,3,15-16,18H2,1-2H3,(H,31,33). The zero-order valence-electron chi connectivity index (χ0n) is 20.5. The van der Waals surface area contributed by atoms with Gasteiger partial charge in [0.15, 0.2) is 17.3 Å². The number of ether oxygens (including phenoxy) is 3. The van der Waals surface area contributed by atoms with Crippen LogP contribution < -0.4 is 19.5 Å². The number of amides is 1. The first-order valence-electron chi connectivity index (χ1n) is 12.3. The summed E-state index contributed by atoms with van der Waals surface area (Å²) in [7, 11) is 1.61. The third-order valence-corrected chi connectivity index (χ3v) is 6.73. The molecule has 0 saturated carbocycles. The van der Waals surface area contributed by atoms with Gasteiger partial charge in [0.2, 0.25) is 5.91 Å². The Morgan fingerprint density at radius 2 is 1.64 bits per heavy atom. The third kappa shape index (κ3) is 4.85. The van der Waals surface area contributed by atoms with Crippen molar-refractivity contribution in [2.45, 2.75) is 38.0 Å². The highest BCUT2D eigenvalue weighted by Crippen LogP contribution is 2.44. The predicted molar refractivity (Wildman–Crippen MR) is 137 cm³/mol. The van der Waals surface area contributed by atoms with Crippen molar-refractivity contribution in [3.63, 3.8) is 0 Å². The first-order chi connectivity index (χ1) is 17.6. The molecule has 1 aliphatic carbocycles. The Morgan fingerprint density at radius 1 is 0.833 bits per heavy atom. The first kappa shape index (κ1) is 23.7. The molecule has 5 rings (SSSR count). The average molecular weight is 484 g/mol. The van der Waals surface area contributed by atoms with Crippen LogP contribution in [0.3, 0.4) is 0 Å². The maximum Gasteiger partial charge on any atom is 0.225 e. The van der Waals surface area contributed by atoms with E-state index in [9.17, 15) is 9.59 Å². The molecular weight excluding hydrogens is 454 g/mol. The van der Waals surface area contributed by atoms with Crippen LogP contribution in [0.1, 0.15) is 49.1 Å². The van der Waals surface area contributed by atoms with Gasteiger partial charge in [0.25, 0.3) is 0 Å². The fourth-order valence-corrected chi connectivity index (χ4v) is 5.11. The predicted octanol–water partition coefficient (Wildman–Crippen LogP) is 5.89. The van der Waals surface area contributed by atoms with Gasteiger partial charge in [-0.15, -0.1) is 0 Å². The van der Waals surface area contributed by atoms with E-state index >= 15 is 0 Å². The molecule has 1 aliphatic heterocycles. The van der Waals surface area contributed by atoms with Crippen molar-refractivity contribution >= 4 is 11.7 Å². The summed E-state index contributed by atoms with van der Waals surface area (Å²) in [5.74, 6) is 2.37. The van der Waals surface area contributed by atoms with Crippen molar-refractivity contribution in [3.05, 3.63) is 95.2 Å². The van der Waals surface area contributed by atoms with Gasteiger partial charge in [0, 0.05) is 30.0 Å². The van der Waals surface area contributed by atoms with Gasteiger partial charge < -0.3 is 19.5 Å². The maximum absolute atomic E-state index is 13.5. The first-order valence-corrected chi connectivity index (χ1v) is 12.3. The summed E-state index contributed by atoms with van der Waals surface area (Å²) in [6.07, 6.45) is 1.20. The van der Waals surface area contributed by atoms with Crippen molar-refractivity contribution in [1.82, 2.24) is 5.32 Å². The fourth-order valence-electron chi connectivity index (χ4n) is 5.11. The van der Waals surface area contributed by atoms with E-state index in [4.69, 9.17) is 14.2 Å². The Bertz CT molecular complexity index is 1310. The van der Waals surface area contributed by atoms with Crippen molar-refractivity contribution in [2.75, 3.05) is 13.7 Å². The lowest BCUT2D eigenvalue weighted by atomic mass is 9.73. The molecule has 2 atom stereocenters. The lowest BCUT2D eigenvalue weighted by molar-refractivity contribution is -0.122. The molecular formula is C30H29NO5. The lowest BCUT2D eigenvalue weighted by Gasteiger charge is -2.34. The van der Waals surface area contributed by atoms with E-state index in [0.29, 0.717) is 42.3 Å². The number of hydrogen-bond acceptors (Lipinski definition) is 5. The molecule has 184 valence electrons. The summed E-state index contributed by atoms with van der Waals surface area (Å²) in [5, 5.41) is 3.00. The second kappa shape index (κ2) is 10.3. The van der Waals surface area contributed by atoms with Crippen molar-refractivity contribution in [3.8, 4) is 23.0 Å². The third-order valence-electron chi connectivity index (χ3n) is 6.73. The normalized spacial score (nSPS) is 19.4. The molecule has 3 aromatic rings. The molecule has 36 heavy (non-hydrogen) atoms. The van der Waals surface area contributed by atoms with Crippen LogP contribution in [-0.2, 0) is 9.59 Å². The summed E-state index contributed by atoms with van der Waals surface area (Å²) in [6.45, 7) is 2.46. The summed E-state index contributed by atoms with van der Waals surface area (Å²) >= 11 is 0. The van der Waals surface area contributed by atoms with E-state index in [1.54, 1.807) is 7.11 Å². The van der Waals surface area contributed by atoms with Gasteiger partial charge in [-0.05, 0) is 66.8 Å². The molecule has 1 amide bonds. The highest BCUT2D eigenvalue weighted by Gasteiger charge is 2.38. The molecule has 2 unspecified atom stereocenters. The van der Waals surface area contributed by atoms with Gasteiger partial charge in [-0.2, -0.15) is 0 Å². The van der Waals surface area contributed by atoms with Crippen LogP contribution >= 0.6 is 0 Å². The molecule has 0 aromatic heterocycles. The fraction of sp³-hybridized carbons (Fsp3) is 0.267. The van der Waals surface area contributed by atoms with Crippen LogP contribution in [0, 0.1) is 0 Å². The van der Waals surface area contributed by atoms with Crippen LogP contribution in [0.2, 0.25) is 0 Å². The molecule has 0 saturated heterocycles. The minimum absolute atomic E-state index is 0.0485. The maximum atomic E-state index is 13.5. The number of carbonyl (C=O) groups excluding carboxylic acids is 2. The SMILES string of the molecule is CCOc1ccc(C2CC(=O)C3=C(C2)NC(=O)CC3c2cccc(Oc3ccccc3)c2)cc1OC. The number of carbonyl (C=O) groups is 2. The number of rotatable bonds is 7. The monoisotopic (exact) mass is 483 g/mol. The molecule has 1 heterocycles. The number of Topliss-reactive ketones (excluding diaryl/α,β-unsaturated/α-hetero) is 1. The molecule has 0 fully saturated rings. The Balaban J connectivity index is 1.43. The van der Waals surface area contributed by atoms with E-state index < -0.39 is 0 Å². The van der Waals surface area contributed by atoms with Crippen LogP contribution in [0.4, 0.5) is 0 Å². The number of hydrogen-bond donors (Lipinski definition) is 1. The quantitative estimate of drug-likeness (QED) is 0.454. The van der Waals surface area contributed by atoms with Crippen LogP contribution in [0.25, 0.3) is 0 Å². The molecule has 3 aromatic carbocycles. The summed E-state index contributed by atoms with van der Waals surface area (Å²) < 4.78 is 17.1. The Labute approximate surface area is 210 Å². The lowest BCUT2D eigenvalue weighted by Crippen LogP contribution is -2.38. The van der Waals surface area contributed by atoms with Crippen LogP contribution in [0.15, 0.2) is 84.1 Å². The van der Waals surface area contributed by atoms with E-state index in [1.165, 1.54) is 0 Å². The molecule has 1 N–H and O–H groups in total. The van der Waals surface area contributed by atoms with Crippen LogP contribution in [-0.4, -0.2) is 25.4 Å². The largest absolute Gasteiger partial charge is 0.493 e. The van der Waals surface area contributed by atoms with Crippen LogP contribution in [0.5, 0.6) is 23.0 Å². The Hall–Kier alpha value is -4.06. The molecule has 0 bridgehead atoms. The number of nitrogens with one attached hydrogen (secondary N) is 1. The smallest absolute Gasteiger partial charge is 0.225 e. The van der Waals surface area contributed by atoms with E-state index in [1.807, 2.05) is 79.7 Å². The molecule has 0 spiro atoms. The van der Waals surface area contributed by atoms with E-state index in [2.05, 4.69) is 5.32 Å². The average Bonchev–Trinajstić information content (AvgIpc) is 2.89. The molecule has 0 radical (unpaired) electrons. The van der Waals surface area contributed by atoms with E-state index in [-0.39, 0.29) is 29.9 Å². The zero-order chi connectivity index (χ0) is 25.1.